The van der Waals surface area contributed by atoms with E-state index in [0.29, 0.717) is 6.54 Å². The number of hydrogen-bond donors (Lipinski definition) is 2. The monoisotopic (exact) mass is 487 g/mol. The summed E-state index contributed by atoms with van der Waals surface area (Å²) in [6, 6.07) is 12.2. The van der Waals surface area contributed by atoms with E-state index in [0.717, 1.165) is 38.9 Å². The summed E-state index contributed by atoms with van der Waals surface area (Å²) < 4.78 is 2.91. The molecule has 30 heavy (non-hydrogen) atoms. The summed E-state index contributed by atoms with van der Waals surface area (Å²) in [7, 11) is 0. The number of amides is 1. The molecule has 8 heteroatoms. The molecule has 0 atom stereocenters. The van der Waals surface area contributed by atoms with Crippen LogP contribution in [-0.2, 0) is 17.9 Å². The Morgan fingerprint density at radius 1 is 1.07 bits per heavy atom. The molecule has 1 heterocycles. The molecule has 0 fully saturated rings. The van der Waals surface area contributed by atoms with Crippen molar-refractivity contribution in [3.63, 3.8) is 0 Å². The number of aromatic nitrogens is 3. The minimum atomic E-state index is -0.0786. The zero-order chi connectivity index (χ0) is 21.7. The van der Waals surface area contributed by atoms with Crippen LogP contribution in [0.25, 0.3) is 0 Å². The van der Waals surface area contributed by atoms with Gasteiger partial charge in [-0.25, -0.2) is 0 Å². The number of aryl methyl sites for hydroxylation is 3. The number of thioether (sulfide) groups is 1. The van der Waals surface area contributed by atoms with Gasteiger partial charge < -0.3 is 15.2 Å². The Morgan fingerprint density at radius 2 is 1.77 bits per heavy atom. The van der Waals surface area contributed by atoms with Crippen LogP contribution in [0.1, 0.15) is 29.4 Å². The van der Waals surface area contributed by atoms with Gasteiger partial charge in [-0.2, -0.15) is 0 Å². The first-order valence-corrected chi connectivity index (χ1v) is 11.6. The Morgan fingerprint density at radius 3 is 2.43 bits per heavy atom. The summed E-state index contributed by atoms with van der Waals surface area (Å²) in [5, 5.41) is 15.7. The lowest BCUT2D eigenvalue weighted by atomic mass is 10.1. The number of hydrogen-bond acceptors (Lipinski definition) is 5. The molecule has 0 spiro atoms. The highest BCUT2D eigenvalue weighted by Gasteiger charge is 2.14. The molecule has 6 nitrogen and oxygen atoms in total. The molecule has 0 bridgehead atoms. The van der Waals surface area contributed by atoms with E-state index in [4.69, 9.17) is 0 Å². The molecule has 0 saturated carbocycles. The quantitative estimate of drug-likeness (QED) is 0.420. The summed E-state index contributed by atoms with van der Waals surface area (Å²) in [4.78, 5) is 12.4. The lowest BCUT2D eigenvalue weighted by Crippen LogP contribution is -2.15. The van der Waals surface area contributed by atoms with Crippen LogP contribution in [0, 0.1) is 20.8 Å². The minimum Gasteiger partial charge on any atom is -0.378 e. The zero-order valence-electron chi connectivity index (χ0n) is 17.6. The van der Waals surface area contributed by atoms with Crippen LogP contribution in [0.5, 0.6) is 0 Å². The Bertz CT molecular complexity index is 1050. The normalized spacial score (nSPS) is 10.8. The van der Waals surface area contributed by atoms with Crippen LogP contribution >= 0.6 is 27.7 Å². The van der Waals surface area contributed by atoms with Crippen molar-refractivity contribution in [2.45, 2.75) is 45.9 Å². The van der Waals surface area contributed by atoms with Crippen molar-refractivity contribution < 1.29 is 4.79 Å². The highest BCUT2D eigenvalue weighted by atomic mass is 79.9. The van der Waals surface area contributed by atoms with Crippen molar-refractivity contribution >= 4 is 45.0 Å². The summed E-state index contributed by atoms with van der Waals surface area (Å²) >= 11 is 4.88. The average molecular weight is 488 g/mol. The number of halogens is 1. The van der Waals surface area contributed by atoms with E-state index in [9.17, 15) is 4.79 Å². The van der Waals surface area contributed by atoms with Crippen LogP contribution in [0.4, 0.5) is 11.4 Å². The molecule has 3 aromatic rings. The zero-order valence-corrected chi connectivity index (χ0v) is 20.0. The Kier molecular flexibility index (Phi) is 7.55. The van der Waals surface area contributed by atoms with E-state index in [1.54, 1.807) is 0 Å². The summed E-state index contributed by atoms with van der Waals surface area (Å²) in [5.41, 5.74) is 5.42. The number of carbonyl (C=O) groups excluding carboxylic acids is 1. The second kappa shape index (κ2) is 10.1. The van der Waals surface area contributed by atoms with Crippen LogP contribution in [0.2, 0.25) is 0 Å². The van der Waals surface area contributed by atoms with Crippen molar-refractivity contribution in [3.05, 3.63) is 63.4 Å². The van der Waals surface area contributed by atoms with E-state index < -0.39 is 0 Å². The van der Waals surface area contributed by atoms with Gasteiger partial charge in [-0.15, -0.1) is 10.2 Å². The van der Waals surface area contributed by atoms with E-state index in [1.165, 1.54) is 22.9 Å². The highest BCUT2D eigenvalue weighted by Crippen LogP contribution is 2.24. The predicted molar refractivity (Wildman–Crippen MR) is 127 cm³/mol. The number of carbonyl (C=O) groups is 1. The molecule has 1 amide bonds. The lowest BCUT2D eigenvalue weighted by molar-refractivity contribution is -0.113. The highest BCUT2D eigenvalue weighted by molar-refractivity contribution is 9.10. The summed E-state index contributed by atoms with van der Waals surface area (Å²) in [5.74, 6) is 1.04. The number of anilines is 2. The van der Waals surface area contributed by atoms with Crippen molar-refractivity contribution in [1.82, 2.24) is 14.8 Å². The molecule has 2 aromatic carbocycles. The fourth-order valence-corrected chi connectivity index (χ4v) is 4.51. The average Bonchev–Trinajstić information content (AvgIpc) is 3.09. The van der Waals surface area contributed by atoms with Gasteiger partial charge in [-0.05, 0) is 73.0 Å². The van der Waals surface area contributed by atoms with Gasteiger partial charge in [0.1, 0.15) is 0 Å². The third-order valence-electron chi connectivity index (χ3n) is 4.66. The largest absolute Gasteiger partial charge is 0.378 e. The number of nitrogens with zero attached hydrogens (tertiary/aromatic N) is 3. The van der Waals surface area contributed by atoms with Crippen molar-refractivity contribution in [1.29, 1.82) is 0 Å². The van der Waals surface area contributed by atoms with Crippen LogP contribution in [0.3, 0.4) is 0 Å². The van der Waals surface area contributed by atoms with Crippen molar-refractivity contribution in [2.24, 2.45) is 0 Å². The Labute approximate surface area is 190 Å². The van der Waals surface area contributed by atoms with Gasteiger partial charge in [0.2, 0.25) is 5.91 Å². The summed E-state index contributed by atoms with van der Waals surface area (Å²) in [6.45, 7) is 9.56. The third kappa shape index (κ3) is 5.64. The SMILES string of the molecule is CCn1c(CNc2ccc(C)cc2C)nnc1SCC(=O)Nc1ccc(C)cc1Br. The molecule has 0 unspecified atom stereocenters. The third-order valence-corrected chi connectivity index (χ3v) is 6.28. The number of rotatable bonds is 8. The van der Waals surface area contributed by atoms with E-state index in [2.05, 4.69) is 75.7 Å². The second-order valence-corrected chi connectivity index (χ2v) is 8.93. The smallest absolute Gasteiger partial charge is 0.234 e. The molecule has 158 valence electrons. The second-order valence-electron chi connectivity index (χ2n) is 7.14. The maximum atomic E-state index is 12.4. The summed E-state index contributed by atoms with van der Waals surface area (Å²) in [6.07, 6.45) is 0. The molecular weight excluding hydrogens is 462 g/mol. The Hall–Kier alpha value is -2.32. The van der Waals surface area contributed by atoms with E-state index in [1.807, 2.05) is 29.7 Å². The molecule has 0 aliphatic carbocycles. The van der Waals surface area contributed by atoms with E-state index >= 15 is 0 Å². The predicted octanol–water partition coefficient (Wildman–Crippen LogP) is 5.33. The Balaban J connectivity index is 1.60. The maximum Gasteiger partial charge on any atom is 0.234 e. The van der Waals surface area contributed by atoms with Gasteiger partial charge in [0.15, 0.2) is 11.0 Å². The minimum absolute atomic E-state index is 0.0786. The molecule has 1 aromatic heterocycles. The van der Waals surface area contributed by atoms with Crippen LogP contribution in [-0.4, -0.2) is 26.4 Å². The van der Waals surface area contributed by atoms with Crippen molar-refractivity contribution in [3.8, 4) is 0 Å². The fourth-order valence-electron chi connectivity index (χ4n) is 3.10. The van der Waals surface area contributed by atoms with Gasteiger partial charge >= 0.3 is 0 Å². The van der Waals surface area contributed by atoms with E-state index in [-0.39, 0.29) is 11.7 Å². The molecule has 0 aliphatic heterocycles. The molecular formula is C22H26BrN5OS. The van der Waals surface area contributed by atoms with Gasteiger partial charge in [0.25, 0.3) is 0 Å². The standard InChI is InChI=1S/C22H26BrN5OS/c1-5-28-20(12-24-18-8-6-14(2)10-16(18)4)26-27-22(28)30-13-21(29)25-19-9-7-15(3)11-17(19)23/h6-11,24H,5,12-13H2,1-4H3,(H,25,29). The molecule has 0 radical (unpaired) electrons. The lowest BCUT2D eigenvalue weighted by Gasteiger charge is -2.11. The molecule has 0 aliphatic rings. The van der Waals surface area contributed by atoms with Gasteiger partial charge in [-0.1, -0.05) is 35.5 Å². The maximum absolute atomic E-state index is 12.4. The first kappa shape index (κ1) is 22.4. The number of benzene rings is 2. The molecule has 3 rings (SSSR count). The fraction of sp³-hybridized carbons (Fsp3) is 0.318. The first-order chi connectivity index (χ1) is 14.4. The van der Waals surface area contributed by atoms with Gasteiger partial charge in [0, 0.05) is 16.7 Å². The van der Waals surface area contributed by atoms with Crippen molar-refractivity contribution in [2.75, 3.05) is 16.4 Å². The van der Waals surface area contributed by atoms with Gasteiger partial charge in [0.05, 0.1) is 18.0 Å². The van der Waals surface area contributed by atoms with Crippen LogP contribution < -0.4 is 10.6 Å². The van der Waals surface area contributed by atoms with Crippen LogP contribution in [0.15, 0.2) is 46.0 Å². The molecule has 0 saturated heterocycles. The topological polar surface area (TPSA) is 71.8 Å². The van der Waals surface area contributed by atoms with Gasteiger partial charge in [-0.3, -0.25) is 4.79 Å². The molecule has 2 N–H and O–H groups in total. The first-order valence-electron chi connectivity index (χ1n) is 9.79. The number of nitrogens with one attached hydrogen (secondary N) is 2.